The zero-order valence-electron chi connectivity index (χ0n) is 9.17. The summed E-state index contributed by atoms with van der Waals surface area (Å²) >= 11 is 5.59. The third kappa shape index (κ3) is 3.42. The van der Waals surface area contributed by atoms with Gasteiger partial charge in [-0.3, -0.25) is 10.1 Å². The van der Waals surface area contributed by atoms with Crippen LogP contribution >= 0.6 is 11.6 Å². The molecule has 6 nitrogen and oxygen atoms in total. The van der Waals surface area contributed by atoms with Gasteiger partial charge in [-0.15, -0.1) is 0 Å². The highest BCUT2D eigenvalue weighted by molar-refractivity contribution is 7.91. The van der Waals surface area contributed by atoms with Crippen LogP contribution in [-0.2, 0) is 9.84 Å². The van der Waals surface area contributed by atoms with Gasteiger partial charge in [0.25, 0.3) is 5.69 Å². The van der Waals surface area contributed by atoms with E-state index in [0.717, 1.165) is 6.07 Å². The molecule has 96 valence electrons. The Kier molecular flexibility index (Phi) is 4.64. The van der Waals surface area contributed by atoms with Crippen molar-refractivity contribution in [2.45, 2.75) is 17.7 Å². The molecule has 0 aliphatic rings. The van der Waals surface area contributed by atoms with E-state index >= 15 is 0 Å². The Morgan fingerprint density at radius 1 is 1.44 bits per heavy atom. The maximum Gasteiger partial charge on any atom is 0.289 e. The van der Waals surface area contributed by atoms with Crippen LogP contribution < -0.4 is 0 Å². The topological polar surface area (TPSA) is 101 Å². The molecular formula is C10H9ClN2O4S. The Morgan fingerprint density at radius 3 is 2.67 bits per heavy atom. The molecule has 1 aromatic rings. The fourth-order valence-corrected chi connectivity index (χ4v) is 2.80. The first-order valence-electron chi connectivity index (χ1n) is 4.92. The number of nitro groups is 1. The molecule has 1 rings (SSSR count). The smallest absolute Gasteiger partial charge is 0.258 e. The maximum atomic E-state index is 11.8. The summed E-state index contributed by atoms with van der Waals surface area (Å²) in [7, 11) is -3.62. The molecule has 0 saturated carbocycles. The summed E-state index contributed by atoms with van der Waals surface area (Å²) in [5.41, 5.74) is -0.446. The van der Waals surface area contributed by atoms with Crippen molar-refractivity contribution in [1.82, 2.24) is 0 Å². The highest BCUT2D eigenvalue weighted by Gasteiger charge is 2.20. The van der Waals surface area contributed by atoms with Crippen molar-refractivity contribution in [2.75, 3.05) is 5.75 Å². The molecule has 8 heteroatoms. The number of nitro benzene ring substituents is 1. The number of hydrogen-bond donors (Lipinski definition) is 0. The largest absolute Gasteiger partial charge is 0.289 e. The van der Waals surface area contributed by atoms with Crippen molar-refractivity contribution in [1.29, 1.82) is 5.26 Å². The van der Waals surface area contributed by atoms with Gasteiger partial charge in [0.05, 0.1) is 21.6 Å². The minimum Gasteiger partial charge on any atom is -0.258 e. The third-order valence-corrected chi connectivity index (χ3v) is 4.29. The number of halogens is 1. The van der Waals surface area contributed by atoms with Gasteiger partial charge in [-0.25, -0.2) is 8.42 Å². The minimum absolute atomic E-state index is 0.115. The van der Waals surface area contributed by atoms with Crippen LogP contribution in [0.15, 0.2) is 23.1 Å². The first-order chi connectivity index (χ1) is 8.38. The summed E-state index contributed by atoms with van der Waals surface area (Å²) in [6.07, 6.45) is 0.310. The standard InChI is InChI=1S/C10H9ClN2O4S/c11-9-4-3-8(7-10(9)13(14)15)18(16,17)6-2-1-5-12/h3-4,7H,1-2,6H2. The number of benzene rings is 1. The molecule has 0 aromatic heterocycles. The van der Waals surface area contributed by atoms with Crippen molar-refractivity contribution in [3.63, 3.8) is 0 Å². The van der Waals surface area contributed by atoms with Crippen LogP contribution in [0.3, 0.4) is 0 Å². The van der Waals surface area contributed by atoms with Gasteiger partial charge in [-0.05, 0) is 18.6 Å². The lowest BCUT2D eigenvalue weighted by Gasteiger charge is -2.03. The van der Waals surface area contributed by atoms with Crippen LogP contribution in [0, 0.1) is 21.4 Å². The van der Waals surface area contributed by atoms with Gasteiger partial charge in [-0.1, -0.05) is 11.6 Å². The van der Waals surface area contributed by atoms with Gasteiger partial charge >= 0.3 is 0 Å². The van der Waals surface area contributed by atoms with Gasteiger partial charge < -0.3 is 0 Å². The fourth-order valence-electron chi connectivity index (χ4n) is 1.28. The molecule has 0 unspecified atom stereocenters. The van der Waals surface area contributed by atoms with Gasteiger partial charge in [-0.2, -0.15) is 5.26 Å². The van der Waals surface area contributed by atoms with Crippen LogP contribution in [0.5, 0.6) is 0 Å². The van der Waals surface area contributed by atoms with Gasteiger partial charge in [0.15, 0.2) is 9.84 Å². The quantitative estimate of drug-likeness (QED) is 0.470. The van der Waals surface area contributed by atoms with E-state index in [-0.39, 0.29) is 28.5 Å². The summed E-state index contributed by atoms with van der Waals surface area (Å²) in [6, 6.07) is 5.17. The lowest BCUT2D eigenvalue weighted by molar-refractivity contribution is -0.384. The van der Waals surface area contributed by atoms with E-state index in [2.05, 4.69) is 0 Å². The number of unbranched alkanes of at least 4 members (excludes halogenated alkanes) is 1. The predicted molar refractivity (Wildman–Crippen MR) is 65.0 cm³/mol. The summed E-state index contributed by atoms with van der Waals surface area (Å²) in [4.78, 5) is 9.75. The summed E-state index contributed by atoms with van der Waals surface area (Å²) in [6.45, 7) is 0. The monoisotopic (exact) mass is 288 g/mol. The Hall–Kier alpha value is -1.65. The molecule has 1 aromatic carbocycles. The lowest BCUT2D eigenvalue weighted by atomic mass is 10.3. The van der Waals surface area contributed by atoms with Crippen molar-refractivity contribution in [2.24, 2.45) is 0 Å². The molecule has 0 aliphatic heterocycles. The van der Waals surface area contributed by atoms with E-state index < -0.39 is 20.4 Å². The summed E-state index contributed by atoms with van der Waals surface area (Å²) < 4.78 is 23.6. The van der Waals surface area contributed by atoms with E-state index in [0.29, 0.717) is 0 Å². The average Bonchev–Trinajstić information content (AvgIpc) is 2.29. The van der Waals surface area contributed by atoms with Crippen molar-refractivity contribution < 1.29 is 13.3 Å². The van der Waals surface area contributed by atoms with Crippen LogP contribution in [0.1, 0.15) is 12.8 Å². The number of nitrogens with zero attached hydrogens (tertiary/aromatic N) is 2. The molecule has 0 aliphatic carbocycles. The molecule has 0 spiro atoms. The first-order valence-corrected chi connectivity index (χ1v) is 6.95. The van der Waals surface area contributed by atoms with Crippen LogP contribution in [0.25, 0.3) is 0 Å². The van der Waals surface area contributed by atoms with Crippen LogP contribution in [0.2, 0.25) is 5.02 Å². The first kappa shape index (κ1) is 14.4. The number of hydrogen-bond acceptors (Lipinski definition) is 5. The predicted octanol–water partition coefficient (Wildman–Crippen LogP) is 2.33. The Labute approximate surface area is 109 Å². The number of rotatable bonds is 5. The van der Waals surface area contributed by atoms with E-state index in [1.807, 2.05) is 6.07 Å². The Balaban J connectivity index is 3.07. The molecule has 0 radical (unpaired) electrons. The SMILES string of the molecule is N#CCCCS(=O)(=O)c1ccc(Cl)c([N+](=O)[O-])c1. The van der Waals surface area contributed by atoms with Gasteiger partial charge in [0.2, 0.25) is 0 Å². The molecule has 0 fully saturated rings. The molecule has 18 heavy (non-hydrogen) atoms. The van der Waals surface area contributed by atoms with Crippen molar-refractivity contribution in [3.05, 3.63) is 33.3 Å². The zero-order valence-corrected chi connectivity index (χ0v) is 10.7. The molecule has 0 amide bonds. The van der Waals surface area contributed by atoms with Gasteiger partial charge in [0.1, 0.15) is 5.02 Å². The minimum atomic E-state index is -3.62. The average molecular weight is 289 g/mol. The molecule has 0 bridgehead atoms. The zero-order chi connectivity index (χ0) is 13.8. The second-order valence-corrected chi connectivity index (χ2v) is 5.97. The Bertz CT molecular complexity index is 607. The molecular weight excluding hydrogens is 280 g/mol. The lowest BCUT2D eigenvalue weighted by Crippen LogP contribution is -2.07. The van der Waals surface area contributed by atoms with Crippen molar-refractivity contribution >= 4 is 27.1 Å². The third-order valence-electron chi connectivity index (χ3n) is 2.18. The Morgan fingerprint density at radius 2 is 2.11 bits per heavy atom. The maximum absolute atomic E-state index is 11.8. The second kappa shape index (κ2) is 5.80. The van der Waals surface area contributed by atoms with E-state index in [1.165, 1.54) is 12.1 Å². The van der Waals surface area contributed by atoms with Gasteiger partial charge in [0, 0.05) is 12.5 Å². The molecule has 0 heterocycles. The van der Waals surface area contributed by atoms with Crippen molar-refractivity contribution in [3.8, 4) is 6.07 Å². The normalized spacial score (nSPS) is 10.9. The van der Waals surface area contributed by atoms with E-state index in [9.17, 15) is 18.5 Å². The number of nitriles is 1. The summed E-state index contributed by atoms with van der Waals surface area (Å²) in [5, 5.41) is 18.9. The highest BCUT2D eigenvalue weighted by atomic mass is 35.5. The van der Waals surface area contributed by atoms with E-state index in [4.69, 9.17) is 16.9 Å². The molecule has 0 saturated heterocycles. The molecule has 0 N–H and O–H groups in total. The van der Waals surface area contributed by atoms with E-state index in [1.54, 1.807) is 0 Å². The van der Waals surface area contributed by atoms with Crippen LogP contribution in [0.4, 0.5) is 5.69 Å². The van der Waals surface area contributed by atoms with Crippen LogP contribution in [-0.4, -0.2) is 19.1 Å². The summed E-state index contributed by atoms with van der Waals surface area (Å²) in [5.74, 6) is -0.223. The fraction of sp³-hybridized carbons (Fsp3) is 0.300. The second-order valence-electron chi connectivity index (χ2n) is 3.45. The molecule has 0 atom stereocenters. The number of sulfone groups is 1. The highest BCUT2D eigenvalue weighted by Crippen LogP contribution is 2.27.